The highest BCUT2D eigenvalue weighted by molar-refractivity contribution is 6.40. The van der Waals surface area contributed by atoms with Gasteiger partial charge in [0, 0.05) is 6.61 Å². The summed E-state index contributed by atoms with van der Waals surface area (Å²) >= 11 is 0. The Morgan fingerprint density at radius 1 is 1.71 bits per heavy atom. The molecule has 0 saturated carbocycles. The van der Waals surface area contributed by atoms with Gasteiger partial charge in [-0.3, -0.25) is 0 Å². The summed E-state index contributed by atoms with van der Waals surface area (Å²) < 4.78 is 4.75. The third kappa shape index (κ3) is 5.98. The fourth-order valence-electron chi connectivity index (χ4n) is 0.288. The van der Waals surface area contributed by atoms with Crippen molar-refractivity contribution in [1.82, 2.24) is 0 Å². The van der Waals surface area contributed by atoms with E-state index < -0.39 is 7.12 Å². The first kappa shape index (κ1) is 6.98. The van der Waals surface area contributed by atoms with Gasteiger partial charge in [0.25, 0.3) is 0 Å². The van der Waals surface area contributed by atoms with Crippen molar-refractivity contribution in [3.63, 3.8) is 0 Å². The Morgan fingerprint density at radius 2 is 2.29 bits per heavy atom. The van der Waals surface area contributed by atoms with E-state index in [1.165, 1.54) is 0 Å². The van der Waals surface area contributed by atoms with Crippen LogP contribution in [0.2, 0.25) is 6.82 Å². The van der Waals surface area contributed by atoms with Crippen molar-refractivity contribution in [3.05, 3.63) is 0 Å². The Kier molecular flexibility index (Phi) is 4.14. The van der Waals surface area contributed by atoms with Gasteiger partial charge >= 0.3 is 7.12 Å². The largest absolute Gasteiger partial charge is 0.450 e. The molecule has 2 nitrogen and oxygen atoms in total. The Hall–Kier alpha value is -0.0151. The van der Waals surface area contributed by atoms with E-state index in [4.69, 9.17) is 9.68 Å². The molecule has 0 aliphatic heterocycles. The van der Waals surface area contributed by atoms with E-state index in [9.17, 15) is 0 Å². The molecule has 0 aromatic carbocycles. The van der Waals surface area contributed by atoms with E-state index in [1.54, 1.807) is 6.82 Å². The Balaban J connectivity index is 2.68. The summed E-state index contributed by atoms with van der Waals surface area (Å²) in [5, 5.41) is 8.46. The van der Waals surface area contributed by atoms with Crippen LogP contribution in [-0.4, -0.2) is 18.7 Å². The minimum Gasteiger partial charge on any atom is -0.427 e. The van der Waals surface area contributed by atoms with Gasteiger partial charge in [0.2, 0.25) is 0 Å². The molecule has 0 aliphatic rings. The molecular formula is C4H11BO2. The average molecular weight is 102 g/mol. The smallest absolute Gasteiger partial charge is 0.427 e. The van der Waals surface area contributed by atoms with Crippen molar-refractivity contribution in [2.45, 2.75) is 20.2 Å². The standard InChI is InChI=1S/C4H11BO2/c1-3-4-7-5(2)6/h6H,3-4H2,1-2H3. The quantitative estimate of drug-likeness (QED) is 0.526. The van der Waals surface area contributed by atoms with Gasteiger partial charge in [0.15, 0.2) is 0 Å². The summed E-state index contributed by atoms with van der Waals surface area (Å²) in [6.07, 6.45) is 0.963. The Labute approximate surface area is 44.6 Å². The van der Waals surface area contributed by atoms with Crippen molar-refractivity contribution in [2.24, 2.45) is 0 Å². The molecule has 0 heterocycles. The van der Waals surface area contributed by atoms with Gasteiger partial charge in [0.1, 0.15) is 0 Å². The molecule has 0 unspecified atom stereocenters. The molecule has 0 aliphatic carbocycles. The molecule has 0 bridgehead atoms. The summed E-state index contributed by atoms with van der Waals surface area (Å²) in [5.74, 6) is 0. The van der Waals surface area contributed by atoms with E-state index in [0.717, 1.165) is 6.42 Å². The fourth-order valence-corrected chi connectivity index (χ4v) is 0.288. The van der Waals surface area contributed by atoms with Crippen molar-refractivity contribution in [3.8, 4) is 0 Å². The molecule has 42 valence electrons. The molecule has 0 fully saturated rings. The normalized spacial score (nSPS) is 9.00. The first-order chi connectivity index (χ1) is 3.27. The highest BCUT2D eigenvalue weighted by Gasteiger charge is 1.98. The predicted octanol–water partition coefficient (Wildman–Crippen LogP) is 0.523. The lowest BCUT2D eigenvalue weighted by Crippen LogP contribution is -2.12. The summed E-state index contributed by atoms with van der Waals surface area (Å²) in [6.45, 7) is 4.26. The number of rotatable bonds is 3. The second kappa shape index (κ2) is 4.15. The van der Waals surface area contributed by atoms with E-state index in [2.05, 4.69) is 0 Å². The van der Waals surface area contributed by atoms with Crippen LogP contribution in [0.4, 0.5) is 0 Å². The molecule has 1 N–H and O–H groups in total. The van der Waals surface area contributed by atoms with Crippen LogP contribution >= 0.6 is 0 Å². The summed E-state index contributed by atoms with van der Waals surface area (Å²) in [7, 11) is -0.597. The zero-order valence-electron chi connectivity index (χ0n) is 4.85. The molecule has 0 aromatic rings. The fraction of sp³-hybridized carbons (Fsp3) is 1.00. The lowest BCUT2D eigenvalue weighted by atomic mass is 9.97. The van der Waals surface area contributed by atoms with E-state index in [1.807, 2.05) is 6.92 Å². The minimum absolute atomic E-state index is 0.597. The molecule has 0 saturated heterocycles. The average Bonchev–Trinajstić information content (AvgIpc) is 1.61. The summed E-state index contributed by atoms with van der Waals surface area (Å²) in [4.78, 5) is 0. The maximum atomic E-state index is 8.46. The van der Waals surface area contributed by atoms with Crippen LogP contribution in [0.15, 0.2) is 0 Å². The molecular weight excluding hydrogens is 90.9 g/mol. The Bertz CT molecular complexity index is 38.7. The second-order valence-corrected chi connectivity index (χ2v) is 1.47. The topological polar surface area (TPSA) is 29.5 Å². The van der Waals surface area contributed by atoms with Gasteiger partial charge in [-0.15, -0.1) is 0 Å². The summed E-state index contributed by atoms with van der Waals surface area (Å²) in [5.41, 5.74) is 0. The summed E-state index contributed by atoms with van der Waals surface area (Å²) in [6, 6.07) is 0. The van der Waals surface area contributed by atoms with Crippen molar-refractivity contribution < 1.29 is 9.68 Å². The molecule has 0 amide bonds. The lowest BCUT2D eigenvalue weighted by molar-refractivity contribution is 0.265. The number of hydrogen-bond donors (Lipinski definition) is 1. The molecule has 0 atom stereocenters. The SMILES string of the molecule is CCCOB(C)O. The zero-order chi connectivity index (χ0) is 5.70. The number of hydrogen-bond acceptors (Lipinski definition) is 2. The van der Waals surface area contributed by atoms with Crippen LogP contribution in [0.25, 0.3) is 0 Å². The predicted molar refractivity (Wildman–Crippen MR) is 30.1 cm³/mol. The van der Waals surface area contributed by atoms with Gasteiger partial charge in [-0.2, -0.15) is 0 Å². The Morgan fingerprint density at radius 3 is 2.43 bits per heavy atom. The second-order valence-electron chi connectivity index (χ2n) is 1.47. The van der Waals surface area contributed by atoms with Crippen molar-refractivity contribution in [2.75, 3.05) is 6.61 Å². The molecule has 0 spiro atoms. The third-order valence-electron chi connectivity index (χ3n) is 0.563. The van der Waals surface area contributed by atoms with E-state index in [0.29, 0.717) is 6.61 Å². The monoisotopic (exact) mass is 102 g/mol. The van der Waals surface area contributed by atoms with E-state index >= 15 is 0 Å². The third-order valence-corrected chi connectivity index (χ3v) is 0.563. The molecule has 0 radical (unpaired) electrons. The van der Waals surface area contributed by atoms with Gasteiger partial charge in [-0.25, -0.2) is 0 Å². The molecule has 0 rings (SSSR count). The van der Waals surface area contributed by atoms with Gasteiger partial charge < -0.3 is 9.68 Å². The maximum Gasteiger partial charge on any atom is 0.450 e. The van der Waals surface area contributed by atoms with Crippen molar-refractivity contribution in [1.29, 1.82) is 0 Å². The van der Waals surface area contributed by atoms with Gasteiger partial charge in [-0.05, 0) is 13.2 Å². The van der Waals surface area contributed by atoms with Crippen LogP contribution in [0, 0.1) is 0 Å². The zero-order valence-corrected chi connectivity index (χ0v) is 4.85. The highest BCUT2D eigenvalue weighted by atomic mass is 16.5. The maximum absolute atomic E-state index is 8.46. The first-order valence-electron chi connectivity index (χ1n) is 2.57. The van der Waals surface area contributed by atoms with Gasteiger partial charge in [-0.1, -0.05) is 6.92 Å². The minimum atomic E-state index is -0.597. The lowest BCUT2D eigenvalue weighted by Gasteiger charge is -1.97. The van der Waals surface area contributed by atoms with Crippen LogP contribution in [-0.2, 0) is 4.65 Å². The van der Waals surface area contributed by atoms with Crippen LogP contribution < -0.4 is 0 Å². The highest BCUT2D eigenvalue weighted by Crippen LogP contribution is 1.81. The van der Waals surface area contributed by atoms with Crippen LogP contribution in [0.3, 0.4) is 0 Å². The molecule has 7 heavy (non-hydrogen) atoms. The van der Waals surface area contributed by atoms with Crippen LogP contribution in [0.5, 0.6) is 0 Å². The van der Waals surface area contributed by atoms with Crippen LogP contribution in [0.1, 0.15) is 13.3 Å². The van der Waals surface area contributed by atoms with Gasteiger partial charge in [0.05, 0.1) is 0 Å². The molecule has 3 heteroatoms. The van der Waals surface area contributed by atoms with Crippen molar-refractivity contribution >= 4 is 7.12 Å². The first-order valence-corrected chi connectivity index (χ1v) is 2.57. The molecule has 0 aromatic heterocycles. The van der Waals surface area contributed by atoms with E-state index in [-0.39, 0.29) is 0 Å².